The highest BCUT2D eigenvalue weighted by atomic mass is 32.1. The molecule has 156 valence electrons. The van der Waals surface area contributed by atoms with E-state index in [-0.39, 0.29) is 11.9 Å². The van der Waals surface area contributed by atoms with Gasteiger partial charge in [0.2, 0.25) is 0 Å². The van der Waals surface area contributed by atoms with Gasteiger partial charge in [0.05, 0.1) is 22.9 Å². The number of hydrogen-bond acceptors (Lipinski definition) is 7. The number of anilines is 1. The summed E-state index contributed by atoms with van der Waals surface area (Å²) in [5.74, 6) is 0.530. The van der Waals surface area contributed by atoms with Crippen molar-refractivity contribution in [2.45, 2.75) is 40.0 Å². The number of amides is 1. The van der Waals surface area contributed by atoms with Crippen LogP contribution in [-0.4, -0.2) is 59.5 Å². The highest BCUT2D eigenvalue weighted by Gasteiger charge is 2.24. The number of esters is 1. The van der Waals surface area contributed by atoms with Gasteiger partial charge in [-0.2, -0.15) is 0 Å². The highest BCUT2D eigenvalue weighted by molar-refractivity contribution is 7.13. The van der Waals surface area contributed by atoms with Crippen LogP contribution in [0.4, 0.5) is 5.82 Å². The molecule has 1 amide bonds. The summed E-state index contributed by atoms with van der Waals surface area (Å²) in [6.07, 6.45) is 4.37. The molecule has 3 rings (SSSR count). The molecule has 0 bridgehead atoms. The number of nitrogens with zero attached hydrogens (tertiary/aromatic N) is 4. The molecule has 0 N–H and O–H groups in total. The molecule has 0 saturated carbocycles. The van der Waals surface area contributed by atoms with E-state index < -0.39 is 0 Å². The first kappa shape index (κ1) is 21.2. The molecule has 1 aliphatic heterocycles. The first-order chi connectivity index (χ1) is 14.0. The molecule has 2 aromatic heterocycles. The second-order valence-electron chi connectivity index (χ2n) is 7.03. The van der Waals surface area contributed by atoms with Crippen molar-refractivity contribution >= 4 is 29.0 Å². The second-order valence-corrected chi connectivity index (χ2v) is 8.11. The molecule has 0 aromatic carbocycles. The van der Waals surface area contributed by atoms with Gasteiger partial charge in [0, 0.05) is 32.4 Å². The predicted octanol–water partition coefficient (Wildman–Crippen LogP) is 3.33. The molecule has 7 nitrogen and oxygen atoms in total. The SMILES string of the molecule is CCCc1nc(C)c(C(=O)N2CCCN(c3ccc(C(=O)OCC)cn3)CC2)s1. The summed E-state index contributed by atoms with van der Waals surface area (Å²) >= 11 is 1.53. The van der Waals surface area contributed by atoms with Gasteiger partial charge in [-0.25, -0.2) is 14.8 Å². The summed E-state index contributed by atoms with van der Waals surface area (Å²) < 4.78 is 5.00. The number of hydrogen-bond donors (Lipinski definition) is 0. The Morgan fingerprint density at radius 2 is 2.00 bits per heavy atom. The molecule has 29 heavy (non-hydrogen) atoms. The molecule has 2 aromatic rings. The van der Waals surface area contributed by atoms with Gasteiger partial charge in [0.25, 0.3) is 5.91 Å². The van der Waals surface area contributed by atoms with E-state index >= 15 is 0 Å². The van der Waals surface area contributed by atoms with Crippen LogP contribution in [-0.2, 0) is 11.2 Å². The minimum atomic E-state index is -0.360. The number of aryl methyl sites for hydroxylation is 2. The monoisotopic (exact) mass is 416 g/mol. The van der Waals surface area contributed by atoms with E-state index in [1.54, 1.807) is 19.2 Å². The lowest BCUT2D eigenvalue weighted by atomic mass is 10.2. The Balaban J connectivity index is 1.64. The first-order valence-corrected chi connectivity index (χ1v) is 11.0. The van der Waals surface area contributed by atoms with Gasteiger partial charge in [-0.05, 0) is 45.2 Å². The summed E-state index contributed by atoms with van der Waals surface area (Å²) in [6, 6.07) is 3.58. The van der Waals surface area contributed by atoms with Crippen molar-refractivity contribution in [3.63, 3.8) is 0 Å². The van der Waals surface area contributed by atoms with Crippen LogP contribution in [0.5, 0.6) is 0 Å². The smallest absolute Gasteiger partial charge is 0.339 e. The average molecular weight is 417 g/mol. The van der Waals surface area contributed by atoms with E-state index in [9.17, 15) is 9.59 Å². The summed E-state index contributed by atoms with van der Waals surface area (Å²) in [4.78, 5) is 38.6. The van der Waals surface area contributed by atoms with Gasteiger partial charge in [-0.15, -0.1) is 11.3 Å². The Bertz CT molecular complexity index is 850. The maximum Gasteiger partial charge on any atom is 0.339 e. The standard InChI is InChI=1S/C21H28N4O3S/c1-4-7-18-23-15(3)19(29-18)20(26)25-11-6-10-24(12-13-25)17-9-8-16(14-22-17)21(27)28-5-2/h8-9,14H,4-7,10-13H2,1-3H3. The number of carbonyl (C=O) groups is 2. The van der Waals surface area contributed by atoms with Crippen LogP contribution in [0.15, 0.2) is 18.3 Å². The molecule has 0 aliphatic carbocycles. The minimum absolute atomic E-state index is 0.0785. The molecule has 0 spiro atoms. The fourth-order valence-corrected chi connectivity index (χ4v) is 4.51. The van der Waals surface area contributed by atoms with Crippen LogP contribution in [0.3, 0.4) is 0 Å². The van der Waals surface area contributed by atoms with Crippen LogP contribution in [0, 0.1) is 6.92 Å². The molecular formula is C21H28N4O3S. The molecule has 0 atom stereocenters. The number of thiazole rings is 1. The van der Waals surface area contributed by atoms with Gasteiger partial charge in [-0.1, -0.05) is 6.92 Å². The number of carbonyl (C=O) groups excluding carboxylic acids is 2. The normalized spacial score (nSPS) is 14.6. The van der Waals surface area contributed by atoms with E-state index in [4.69, 9.17) is 4.74 Å². The lowest BCUT2D eigenvalue weighted by molar-refractivity contribution is 0.0525. The molecular weight excluding hydrogens is 388 g/mol. The zero-order valence-electron chi connectivity index (χ0n) is 17.3. The fourth-order valence-electron chi connectivity index (χ4n) is 3.37. The number of rotatable bonds is 6. The maximum absolute atomic E-state index is 13.0. The number of aromatic nitrogens is 2. The highest BCUT2D eigenvalue weighted by Crippen LogP contribution is 2.22. The number of ether oxygens (including phenoxy) is 1. The van der Waals surface area contributed by atoms with Gasteiger partial charge < -0.3 is 14.5 Å². The molecule has 1 aliphatic rings. The first-order valence-electron chi connectivity index (χ1n) is 10.2. The second kappa shape index (κ2) is 9.82. The summed E-state index contributed by atoms with van der Waals surface area (Å²) in [6.45, 7) is 9.04. The minimum Gasteiger partial charge on any atom is -0.462 e. The Morgan fingerprint density at radius 1 is 1.17 bits per heavy atom. The molecule has 1 fully saturated rings. The van der Waals surface area contributed by atoms with Gasteiger partial charge >= 0.3 is 5.97 Å². The average Bonchev–Trinajstić information content (AvgIpc) is 2.92. The van der Waals surface area contributed by atoms with Crippen LogP contribution in [0.1, 0.15) is 57.4 Å². The fraction of sp³-hybridized carbons (Fsp3) is 0.524. The van der Waals surface area contributed by atoms with Crippen LogP contribution >= 0.6 is 11.3 Å². The zero-order valence-corrected chi connectivity index (χ0v) is 18.1. The van der Waals surface area contributed by atoms with E-state index in [1.165, 1.54) is 11.3 Å². The Kier molecular flexibility index (Phi) is 7.19. The van der Waals surface area contributed by atoms with Crippen LogP contribution in [0.2, 0.25) is 0 Å². The maximum atomic E-state index is 13.0. The van der Waals surface area contributed by atoms with Crippen molar-refractivity contribution < 1.29 is 14.3 Å². The quantitative estimate of drug-likeness (QED) is 0.673. The lowest BCUT2D eigenvalue weighted by Gasteiger charge is -2.22. The van der Waals surface area contributed by atoms with Gasteiger partial charge in [-0.3, -0.25) is 4.79 Å². The molecule has 0 radical (unpaired) electrons. The molecule has 8 heteroatoms. The largest absolute Gasteiger partial charge is 0.462 e. The van der Waals surface area contributed by atoms with Crippen molar-refractivity contribution in [1.82, 2.24) is 14.9 Å². The van der Waals surface area contributed by atoms with E-state index in [2.05, 4.69) is 21.8 Å². The molecule has 1 saturated heterocycles. The third-order valence-corrected chi connectivity index (χ3v) is 6.07. The van der Waals surface area contributed by atoms with Crippen LogP contribution in [0.25, 0.3) is 0 Å². The lowest BCUT2D eigenvalue weighted by Crippen LogP contribution is -2.35. The topological polar surface area (TPSA) is 75.6 Å². The van der Waals surface area contributed by atoms with E-state index in [1.807, 2.05) is 17.9 Å². The Hall–Kier alpha value is -2.48. The van der Waals surface area contributed by atoms with E-state index in [0.29, 0.717) is 25.3 Å². The van der Waals surface area contributed by atoms with Crippen molar-refractivity contribution in [2.24, 2.45) is 0 Å². The molecule has 3 heterocycles. The molecule has 0 unspecified atom stereocenters. The summed E-state index contributed by atoms with van der Waals surface area (Å²) in [5.41, 5.74) is 1.28. The van der Waals surface area contributed by atoms with Crippen molar-refractivity contribution in [3.05, 3.63) is 39.5 Å². The third-order valence-electron chi connectivity index (χ3n) is 4.87. The summed E-state index contributed by atoms with van der Waals surface area (Å²) in [5, 5.41) is 1.04. The van der Waals surface area contributed by atoms with E-state index in [0.717, 1.165) is 53.7 Å². The Labute approximate surface area is 175 Å². The van der Waals surface area contributed by atoms with Crippen molar-refractivity contribution in [2.75, 3.05) is 37.7 Å². The van der Waals surface area contributed by atoms with Crippen molar-refractivity contribution in [1.29, 1.82) is 0 Å². The number of pyridine rings is 1. The zero-order chi connectivity index (χ0) is 20.8. The third kappa shape index (κ3) is 5.12. The Morgan fingerprint density at radius 3 is 2.69 bits per heavy atom. The van der Waals surface area contributed by atoms with Crippen molar-refractivity contribution in [3.8, 4) is 0 Å². The summed E-state index contributed by atoms with van der Waals surface area (Å²) in [7, 11) is 0. The predicted molar refractivity (Wildman–Crippen MR) is 114 cm³/mol. The van der Waals surface area contributed by atoms with Gasteiger partial charge in [0.15, 0.2) is 0 Å². The van der Waals surface area contributed by atoms with Crippen LogP contribution < -0.4 is 4.90 Å². The van der Waals surface area contributed by atoms with Gasteiger partial charge in [0.1, 0.15) is 10.7 Å².